The van der Waals surface area contributed by atoms with Crippen LogP contribution in [0, 0.1) is 0 Å². The van der Waals surface area contributed by atoms with Gasteiger partial charge in [0.1, 0.15) is 0 Å². The number of hydrogen-bond donors (Lipinski definition) is 2. The summed E-state index contributed by atoms with van der Waals surface area (Å²) in [6.45, 7) is 2.98. The number of hydroxylamine groups is 2. The zero-order valence-corrected chi connectivity index (χ0v) is 5.64. The van der Waals surface area contributed by atoms with Crippen LogP contribution >= 0.6 is 0 Å². The molecule has 4 nitrogen and oxygen atoms in total. The van der Waals surface area contributed by atoms with Crippen molar-refractivity contribution in [2.45, 2.75) is 0 Å². The Labute approximate surface area is 59.1 Å². The van der Waals surface area contributed by atoms with Crippen molar-refractivity contribution in [3.63, 3.8) is 0 Å². The molecule has 0 aromatic carbocycles. The van der Waals surface area contributed by atoms with Gasteiger partial charge in [-0.25, -0.2) is 0 Å². The van der Waals surface area contributed by atoms with Gasteiger partial charge in [-0.2, -0.15) is 11.0 Å². The topological polar surface area (TPSA) is 42.5 Å². The molecule has 2 N–H and O–H groups in total. The van der Waals surface area contributed by atoms with E-state index in [1.165, 1.54) is 11.1 Å². The second-order valence-corrected chi connectivity index (χ2v) is 2.43. The molecule has 0 fully saturated rings. The maximum atomic E-state index is 5.04. The highest BCUT2D eigenvalue weighted by Crippen LogP contribution is 2.11. The van der Waals surface area contributed by atoms with E-state index in [1.54, 1.807) is 0 Å². The van der Waals surface area contributed by atoms with Crippen LogP contribution in [0.25, 0.3) is 0 Å². The summed E-state index contributed by atoms with van der Waals surface area (Å²) in [5.74, 6) is 0. The van der Waals surface area contributed by atoms with E-state index in [0.29, 0.717) is 13.2 Å². The van der Waals surface area contributed by atoms with Crippen molar-refractivity contribution in [1.29, 1.82) is 0 Å². The third-order valence-corrected chi connectivity index (χ3v) is 1.77. The fraction of sp³-hybridized carbons (Fsp3) is 0.667. The minimum absolute atomic E-state index is 0.686. The number of hydrogen-bond acceptors (Lipinski definition) is 4. The van der Waals surface area contributed by atoms with Crippen molar-refractivity contribution in [2.75, 3.05) is 26.3 Å². The summed E-state index contributed by atoms with van der Waals surface area (Å²) in [4.78, 5) is 10.1. The lowest BCUT2D eigenvalue weighted by molar-refractivity contribution is 0.00676. The van der Waals surface area contributed by atoms with Crippen LogP contribution < -0.4 is 11.0 Å². The van der Waals surface area contributed by atoms with Gasteiger partial charge < -0.3 is 0 Å². The minimum atomic E-state index is 0.686. The van der Waals surface area contributed by atoms with Gasteiger partial charge in [-0.3, -0.25) is 9.68 Å². The van der Waals surface area contributed by atoms with E-state index in [2.05, 4.69) is 11.0 Å². The van der Waals surface area contributed by atoms with Crippen molar-refractivity contribution < 1.29 is 9.68 Å². The molecule has 4 heteroatoms. The lowest BCUT2D eigenvalue weighted by atomic mass is 10.1. The van der Waals surface area contributed by atoms with Crippen molar-refractivity contribution >= 4 is 0 Å². The maximum Gasteiger partial charge on any atom is 0.0910 e. The average molecular weight is 142 g/mol. The van der Waals surface area contributed by atoms with Crippen LogP contribution in [0.4, 0.5) is 0 Å². The molecule has 2 heterocycles. The third-order valence-electron chi connectivity index (χ3n) is 1.77. The molecule has 2 aliphatic rings. The molecule has 2 aliphatic heterocycles. The largest absolute Gasteiger partial charge is 0.297 e. The maximum absolute atomic E-state index is 5.04. The molecule has 0 spiro atoms. The summed E-state index contributed by atoms with van der Waals surface area (Å²) in [5.41, 5.74) is 8.28. The first-order chi connectivity index (χ1) is 4.97. The molecular weight excluding hydrogens is 132 g/mol. The van der Waals surface area contributed by atoms with Gasteiger partial charge in [0.15, 0.2) is 0 Å². The van der Waals surface area contributed by atoms with Crippen molar-refractivity contribution in [2.24, 2.45) is 0 Å². The van der Waals surface area contributed by atoms with E-state index in [4.69, 9.17) is 9.68 Å². The van der Waals surface area contributed by atoms with Crippen LogP contribution in [-0.2, 0) is 9.68 Å². The molecule has 56 valence electrons. The van der Waals surface area contributed by atoms with Gasteiger partial charge in [0.2, 0.25) is 0 Å². The van der Waals surface area contributed by atoms with E-state index in [9.17, 15) is 0 Å². The molecule has 0 aromatic heterocycles. The van der Waals surface area contributed by atoms with E-state index in [1.807, 2.05) is 0 Å². The predicted octanol–water partition coefficient (Wildman–Crippen LogP) is -0.647. The molecule has 0 unspecified atom stereocenters. The Morgan fingerprint density at radius 1 is 0.900 bits per heavy atom. The number of nitrogens with one attached hydrogen (secondary N) is 2. The molecule has 0 radical (unpaired) electrons. The first-order valence-electron chi connectivity index (χ1n) is 3.36. The zero-order valence-electron chi connectivity index (χ0n) is 5.64. The molecule has 2 rings (SSSR count). The molecule has 0 saturated carbocycles. The van der Waals surface area contributed by atoms with E-state index in [0.717, 1.165) is 13.1 Å². The molecule has 0 aliphatic carbocycles. The molecule has 0 bridgehead atoms. The summed E-state index contributed by atoms with van der Waals surface area (Å²) in [5, 5.41) is 0. The highest BCUT2D eigenvalue weighted by Gasteiger charge is 2.16. The van der Waals surface area contributed by atoms with Gasteiger partial charge in [0.25, 0.3) is 0 Å². The standard InChI is InChI=1S/C6H10N2O2/c1-5-3-10-8-2-6(5)4-9-7-1/h7-8H,1-4H2. The van der Waals surface area contributed by atoms with E-state index in [-0.39, 0.29) is 0 Å². The second kappa shape index (κ2) is 2.67. The number of rotatable bonds is 0. The second-order valence-electron chi connectivity index (χ2n) is 2.43. The van der Waals surface area contributed by atoms with Gasteiger partial charge in [0, 0.05) is 13.1 Å². The first kappa shape index (κ1) is 6.30. The summed E-state index contributed by atoms with van der Waals surface area (Å²) >= 11 is 0. The molecule has 0 saturated heterocycles. The van der Waals surface area contributed by atoms with Gasteiger partial charge >= 0.3 is 0 Å². The Balaban J connectivity index is 2.14. The first-order valence-corrected chi connectivity index (χ1v) is 3.36. The zero-order chi connectivity index (χ0) is 6.81. The summed E-state index contributed by atoms with van der Waals surface area (Å²) < 4.78 is 0. The van der Waals surface area contributed by atoms with Crippen LogP contribution in [0.5, 0.6) is 0 Å². The summed E-state index contributed by atoms with van der Waals surface area (Å²) in [7, 11) is 0. The normalized spacial score (nSPS) is 26.4. The molecule has 0 atom stereocenters. The average Bonchev–Trinajstić information content (AvgIpc) is 2.05. The highest BCUT2D eigenvalue weighted by atomic mass is 16.7. The third kappa shape index (κ3) is 1.06. The Morgan fingerprint density at radius 2 is 1.40 bits per heavy atom. The fourth-order valence-electron chi connectivity index (χ4n) is 1.11. The van der Waals surface area contributed by atoms with Crippen LogP contribution in [-0.4, -0.2) is 26.3 Å². The SMILES string of the molecule is C1NOCC2=C1CONC2. The summed E-state index contributed by atoms with van der Waals surface area (Å²) in [6.07, 6.45) is 0. The van der Waals surface area contributed by atoms with E-state index < -0.39 is 0 Å². The minimum Gasteiger partial charge on any atom is -0.297 e. The van der Waals surface area contributed by atoms with Crippen molar-refractivity contribution in [3.05, 3.63) is 11.1 Å². The molecular formula is C6H10N2O2. The summed E-state index contributed by atoms with van der Waals surface area (Å²) in [6, 6.07) is 0. The Hall–Kier alpha value is -0.420. The van der Waals surface area contributed by atoms with Gasteiger partial charge in [-0.05, 0) is 11.1 Å². The Kier molecular flexibility index (Phi) is 1.68. The van der Waals surface area contributed by atoms with Crippen molar-refractivity contribution in [3.8, 4) is 0 Å². The fourth-order valence-corrected chi connectivity index (χ4v) is 1.11. The van der Waals surface area contributed by atoms with Gasteiger partial charge in [0.05, 0.1) is 13.2 Å². The van der Waals surface area contributed by atoms with Crippen molar-refractivity contribution in [1.82, 2.24) is 11.0 Å². The predicted molar refractivity (Wildman–Crippen MR) is 34.9 cm³/mol. The van der Waals surface area contributed by atoms with E-state index >= 15 is 0 Å². The van der Waals surface area contributed by atoms with Gasteiger partial charge in [-0.1, -0.05) is 0 Å². The van der Waals surface area contributed by atoms with Crippen LogP contribution in [0.2, 0.25) is 0 Å². The molecule has 0 amide bonds. The quantitative estimate of drug-likeness (QED) is 0.441. The smallest absolute Gasteiger partial charge is 0.0910 e. The highest BCUT2D eigenvalue weighted by molar-refractivity contribution is 5.20. The van der Waals surface area contributed by atoms with Crippen LogP contribution in [0.15, 0.2) is 11.1 Å². The molecule has 10 heavy (non-hydrogen) atoms. The van der Waals surface area contributed by atoms with Crippen LogP contribution in [0.3, 0.4) is 0 Å². The lowest BCUT2D eigenvalue weighted by Crippen LogP contribution is -2.37. The monoisotopic (exact) mass is 142 g/mol. The lowest BCUT2D eigenvalue weighted by Gasteiger charge is -2.25. The van der Waals surface area contributed by atoms with Gasteiger partial charge in [-0.15, -0.1) is 0 Å². The van der Waals surface area contributed by atoms with Crippen LogP contribution in [0.1, 0.15) is 0 Å². The molecule has 0 aromatic rings. The Bertz CT molecular complexity index is 133. The Morgan fingerprint density at radius 3 is 1.90 bits per heavy atom.